The van der Waals surface area contributed by atoms with Crippen molar-refractivity contribution in [3.8, 4) is 0 Å². The Hall–Kier alpha value is -1.63. The Kier molecular flexibility index (Phi) is 5.71. The highest BCUT2D eigenvalue weighted by Gasteiger charge is 2.16. The van der Waals surface area contributed by atoms with E-state index in [1.54, 1.807) is 0 Å². The maximum atomic E-state index is 11.4. The summed E-state index contributed by atoms with van der Waals surface area (Å²) in [6, 6.07) is 0. The van der Waals surface area contributed by atoms with Gasteiger partial charge in [-0.1, -0.05) is 5.16 Å². The normalized spacial score (nSPS) is 12.3. The number of hydrogen-bond donors (Lipinski definition) is 1. The van der Waals surface area contributed by atoms with E-state index >= 15 is 0 Å². The second kappa shape index (κ2) is 6.89. The van der Waals surface area contributed by atoms with Crippen LogP contribution >= 0.6 is 0 Å². The first-order valence-electron chi connectivity index (χ1n) is 6.97. The number of amides is 1. The summed E-state index contributed by atoms with van der Waals surface area (Å²) < 4.78 is 15.8. The summed E-state index contributed by atoms with van der Waals surface area (Å²) >= 11 is 0. The molecule has 0 aliphatic heterocycles. The van der Waals surface area contributed by atoms with Gasteiger partial charge in [0.15, 0.2) is 5.82 Å². The van der Waals surface area contributed by atoms with Crippen molar-refractivity contribution in [3.05, 3.63) is 11.7 Å². The van der Waals surface area contributed by atoms with E-state index in [4.69, 9.17) is 14.0 Å². The third kappa shape index (κ3) is 8.29. The van der Waals surface area contributed by atoms with Gasteiger partial charge in [0.2, 0.25) is 5.89 Å². The van der Waals surface area contributed by atoms with Gasteiger partial charge in [-0.15, -0.1) is 0 Å². The molecule has 0 spiro atoms. The maximum Gasteiger partial charge on any atom is 0.407 e. The minimum atomic E-state index is -0.508. The molecule has 1 rings (SSSR count). The topological polar surface area (TPSA) is 86.5 Å². The number of carbonyl (C=O) groups is 1. The molecule has 7 heteroatoms. The van der Waals surface area contributed by atoms with Gasteiger partial charge in [-0.25, -0.2) is 4.79 Å². The van der Waals surface area contributed by atoms with Crippen molar-refractivity contribution >= 4 is 6.09 Å². The molecule has 0 aliphatic carbocycles. The van der Waals surface area contributed by atoms with Gasteiger partial charge in [0.05, 0.1) is 5.60 Å². The molecule has 1 amide bonds. The fraction of sp³-hybridized carbons (Fsp3) is 0.786. The van der Waals surface area contributed by atoms with E-state index in [1.807, 2.05) is 41.5 Å². The molecule has 1 aromatic heterocycles. The summed E-state index contributed by atoms with van der Waals surface area (Å²) in [5.74, 6) is 0.954. The van der Waals surface area contributed by atoms with Gasteiger partial charge in [-0.05, 0) is 41.5 Å². The third-order valence-corrected chi connectivity index (χ3v) is 2.15. The van der Waals surface area contributed by atoms with E-state index in [0.717, 1.165) is 0 Å². The fourth-order valence-electron chi connectivity index (χ4n) is 1.32. The van der Waals surface area contributed by atoms with Crippen LogP contribution in [0.25, 0.3) is 0 Å². The first-order chi connectivity index (χ1) is 9.55. The van der Waals surface area contributed by atoms with Crippen molar-refractivity contribution in [2.75, 3.05) is 6.54 Å². The molecule has 0 saturated heterocycles. The molecule has 1 heterocycles. The molecule has 1 N–H and O–H groups in total. The number of carbonyl (C=O) groups excluding carboxylic acids is 1. The fourth-order valence-corrected chi connectivity index (χ4v) is 1.32. The summed E-state index contributed by atoms with van der Waals surface area (Å²) in [6.07, 6.45) is -0.0137. The molecule has 0 atom stereocenters. The van der Waals surface area contributed by atoms with Gasteiger partial charge in [0, 0.05) is 13.0 Å². The zero-order valence-electron chi connectivity index (χ0n) is 13.6. The average Bonchev–Trinajstić information content (AvgIpc) is 2.71. The van der Waals surface area contributed by atoms with E-state index in [9.17, 15) is 4.79 Å². The molecule has 0 unspecified atom stereocenters. The Morgan fingerprint density at radius 2 is 1.86 bits per heavy atom. The lowest BCUT2D eigenvalue weighted by Gasteiger charge is -2.19. The quantitative estimate of drug-likeness (QED) is 0.898. The molecule has 0 radical (unpaired) electrons. The Morgan fingerprint density at radius 3 is 2.43 bits per heavy atom. The smallest absolute Gasteiger partial charge is 0.407 e. The molecule has 0 bridgehead atoms. The van der Waals surface area contributed by atoms with Crippen molar-refractivity contribution in [1.82, 2.24) is 15.5 Å². The minimum Gasteiger partial charge on any atom is -0.444 e. The van der Waals surface area contributed by atoms with Crippen LogP contribution in [0.3, 0.4) is 0 Å². The van der Waals surface area contributed by atoms with Crippen LogP contribution in [0.1, 0.15) is 53.3 Å². The summed E-state index contributed by atoms with van der Waals surface area (Å²) in [6.45, 7) is 12.0. The number of ether oxygens (including phenoxy) is 2. The molecular formula is C14H25N3O4. The number of alkyl carbamates (subject to hydrolysis) is 1. The maximum absolute atomic E-state index is 11.4. The predicted molar refractivity (Wildman–Crippen MR) is 76.8 cm³/mol. The largest absolute Gasteiger partial charge is 0.444 e. The predicted octanol–water partition coefficient (Wildman–Crippen LogP) is 2.45. The summed E-state index contributed by atoms with van der Waals surface area (Å²) in [7, 11) is 0. The molecule has 0 aliphatic rings. The summed E-state index contributed by atoms with van der Waals surface area (Å²) in [5.41, 5.74) is -0.759. The second-order valence-electron chi connectivity index (χ2n) is 6.68. The first-order valence-corrected chi connectivity index (χ1v) is 6.97. The highest BCUT2D eigenvalue weighted by molar-refractivity contribution is 5.67. The van der Waals surface area contributed by atoms with Crippen molar-refractivity contribution in [1.29, 1.82) is 0 Å². The minimum absolute atomic E-state index is 0.251. The third-order valence-electron chi connectivity index (χ3n) is 2.15. The molecule has 0 fully saturated rings. The van der Waals surface area contributed by atoms with Crippen LogP contribution in [-0.4, -0.2) is 34.0 Å². The molecule has 120 valence electrons. The van der Waals surface area contributed by atoms with Gasteiger partial charge in [-0.2, -0.15) is 4.98 Å². The SMILES string of the molecule is CC(C)(C)OCc1noc(CCNC(=O)OC(C)(C)C)n1. The Bertz CT molecular complexity index is 458. The van der Waals surface area contributed by atoms with Crippen LogP contribution in [0.5, 0.6) is 0 Å². The molecule has 0 aromatic carbocycles. The van der Waals surface area contributed by atoms with Gasteiger partial charge in [0.1, 0.15) is 12.2 Å². The zero-order chi connectivity index (χ0) is 16.1. The van der Waals surface area contributed by atoms with E-state index < -0.39 is 11.7 Å². The van der Waals surface area contributed by atoms with E-state index in [2.05, 4.69) is 15.5 Å². The van der Waals surface area contributed by atoms with Crippen LogP contribution < -0.4 is 5.32 Å². The number of nitrogens with zero attached hydrogens (tertiary/aromatic N) is 2. The van der Waals surface area contributed by atoms with Crippen LogP contribution in [0.2, 0.25) is 0 Å². The lowest BCUT2D eigenvalue weighted by Crippen LogP contribution is -2.33. The van der Waals surface area contributed by atoms with Crippen LogP contribution in [0, 0.1) is 0 Å². The van der Waals surface area contributed by atoms with Crippen molar-refractivity contribution in [3.63, 3.8) is 0 Å². The van der Waals surface area contributed by atoms with Crippen LogP contribution in [0.4, 0.5) is 4.79 Å². The van der Waals surface area contributed by atoms with Gasteiger partial charge in [0.25, 0.3) is 0 Å². The molecule has 0 saturated carbocycles. The second-order valence-corrected chi connectivity index (χ2v) is 6.68. The Morgan fingerprint density at radius 1 is 1.19 bits per heavy atom. The van der Waals surface area contributed by atoms with E-state index in [1.165, 1.54) is 0 Å². The van der Waals surface area contributed by atoms with Crippen LogP contribution in [0.15, 0.2) is 4.52 Å². The lowest BCUT2D eigenvalue weighted by atomic mass is 10.2. The number of rotatable bonds is 5. The number of nitrogens with one attached hydrogen (secondary N) is 1. The Labute approximate surface area is 125 Å². The first kappa shape index (κ1) is 17.4. The monoisotopic (exact) mass is 299 g/mol. The standard InChI is InChI=1S/C14H25N3O4/c1-13(2,3)19-9-10-16-11(21-17-10)7-8-15-12(18)20-14(4,5)6/h7-9H2,1-6H3,(H,15,18). The van der Waals surface area contributed by atoms with Crippen molar-refractivity contribution in [2.45, 2.75) is 65.8 Å². The summed E-state index contributed by atoms with van der Waals surface area (Å²) in [5, 5.41) is 6.45. The number of hydrogen-bond acceptors (Lipinski definition) is 6. The zero-order valence-corrected chi connectivity index (χ0v) is 13.6. The van der Waals surface area contributed by atoms with Gasteiger partial charge >= 0.3 is 6.09 Å². The molecule has 7 nitrogen and oxygen atoms in total. The average molecular weight is 299 g/mol. The highest BCUT2D eigenvalue weighted by Crippen LogP contribution is 2.10. The van der Waals surface area contributed by atoms with Crippen LogP contribution in [-0.2, 0) is 22.5 Å². The van der Waals surface area contributed by atoms with Gasteiger partial charge < -0.3 is 19.3 Å². The van der Waals surface area contributed by atoms with Gasteiger partial charge in [-0.3, -0.25) is 0 Å². The molecule has 1 aromatic rings. The summed E-state index contributed by atoms with van der Waals surface area (Å²) in [4.78, 5) is 15.6. The van der Waals surface area contributed by atoms with Crippen molar-refractivity contribution < 1.29 is 18.8 Å². The lowest BCUT2D eigenvalue weighted by molar-refractivity contribution is -0.0187. The van der Waals surface area contributed by atoms with E-state index in [0.29, 0.717) is 31.3 Å². The Balaban J connectivity index is 2.30. The molecular weight excluding hydrogens is 274 g/mol. The highest BCUT2D eigenvalue weighted by atomic mass is 16.6. The molecule has 21 heavy (non-hydrogen) atoms. The number of aromatic nitrogens is 2. The van der Waals surface area contributed by atoms with E-state index in [-0.39, 0.29) is 5.60 Å². The van der Waals surface area contributed by atoms with Crippen molar-refractivity contribution in [2.24, 2.45) is 0 Å².